The van der Waals surface area contributed by atoms with Gasteiger partial charge in [0.2, 0.25) is 0 Å². The van der Waals surface area contributed by atoms with Crippen LogP contribution in [0.3, 0.4) is 0 Å². The molecule has 1 aliphatic heterocycles. The lowest BCUT2D eigenvalue weighted by Crippen LogP contribution is -2.48. The van der Waals surface area contributed by atoms with Gasteiger partial charge in [-0.25, -0.2) is 14.7 Å². The Labute approximate surface area is 170 Å². The molecule has 8 heteroatoms. The maximum Gasteiger partial charge on any atom is 0.332 e. The average molecular weight is 457 g/mol. The number of nitrogens with zero attached hydrogens (tertiary/aromatic N) is 3. The first kappa shape index (κ1) is 19.1. The average Bonchev–Trinajstić information content (AvgIpc) is 2.75. The molecule has 26 heavy (non-hydrogen) atoms. The monoisotopic (exact) mass is 455 g/mol. The summed E-state index contributed by atoms with van der Waals surface area (Å²) in [6.45, 7) is 4.03. The summed E-state index contributed by atoms with van der Waals surface area (Å²) in [6, 6.07) is 10.2. The highest BCUT2D eigenvalue weighted by Gasteiger charge is 2.54. The van der Waals surface area contributed by atoms with Gasteiger partial charge >= 0.3 is 6.03 Å². The van der Waals surface area contributed by atoms with Crippen LogP contribution in [-0.4, -0.2) is 33.9 Å². The van der Waals surface area contributed by atoms with E-state index in [0.29, 0.717) is 18.7 Å². The molecule has 3 amide bonds. The maximum absolute atomic E-state index is 13.2. The van der Waals surface area contributed by atoms with Gasteiger partial charge < -0.3 is 4.90 Å². The summed E-state index contributed by atoms with van der Waals surface area (Å²) in [5.74, 6) is -0.314. The van der Waals surface area contributed by atoms with Crippen LogP contribution in [0.5, 0.6) is 0 Å². The number of anilines is 1. The summed E-state index contributed by atoms with van der Waals surface area (Å²) in [5, 5.41) is 0.246. The first-order valence-corrected chi connectivity index (χ1v) is 9.55. The molecule has 0 saturated carbocycles. The molecule has 0 spiro atoms. The first-order valence-electron chi connectivity index (χ1n) is 8.00. The molecule has 136 valence electrons. The number of hydrogen-bond acceptors (Lipinski definition) is 3. The van der Waals surface area contributed by atoms with Crippen molar-refractivity contribution in [3.05, 3.63) is 56.7 Å². The van der Waals surface area contributed by atoms with E-state index in [9.17, 15) is 9.59 Å². The lowest BCUT2D eigenvalue weighted by molar-refractivity contribution is -0.124. The molecule has 1 unspecified atom stereocenters. The summed E-state index contributed by atoms with van der Waals surface area (Å²) in [5.41, 5.74) is 0.285. The van der Waals surface area contributed by atoms with Crippen LogP contribution in [0.2, 0.25) is 10.3 Å². The number of carbonyl (C=O) groups is 2. The molecule has 1 aromatic heterocycles. The van der Waals surface area contributed by atoms with Crippen LogP contribution in [-0.2, 0) is 11.2 Å². The van der Waals surface area contributed by atoms with E-state index in [1.165, 1.54) is 12.1 Å². The Bertz CT molecular complexity index is 855. The summed E-state index contributed by atoms with van der Waals surface area (Å²) < 4.78 is 0.954. The molecule has 1 aromatic carbocycles. The molecule has 1 atom stereocenters. The number of urea groups is 1. The summed E-state index contributed by atoms with van der Waals surface area (Å²) in [6.07, 6.45) is 0.405. The number of likely N-dealkylation sites (N-methyl/N-ethyl adjacent to an activating group) is 1. The normalized spacial score (nSPS) is 20.2. The fraction of sp³-hybridized carbons (Fsp3) is 0.278. The quantitative estimate of drug-likeness (QED) is 0.483. The fourth-order valence-corrected chi connectivity index (χ4v) is 3.95. The minimum absolute atomic E-state index is 0.123. The van der Waals surface area contributed by atoms with Gasteiger partial charge in [0.15, 0.2) is 0 Å². The zero-order chi connectivity index (χ0) is 19.1. The Morgan fingerprint density at radius 1 is 1.12 bits per heavy atom. The smallest absolute Gasteiger partial charge is 0.309 e. The number of benzene rings is 1. The van der Waals surface area contributed by atoms with Crippen molar-refractivity contribution >= 4 is 56.8 Å². The third-order valence-corrected chi connectivity index (χ3v) is 5.38. The van der Waals surface area contributed by atoms with Crippen LogP contribution in [0.25, 0.3) is 0 Å². The van der Waals surface area contributed by atoms with Crippen LogP contribution >= 0.6 is 39.1 Å². The second-order valence-corrected chi connectivity index (χ2v) is 7.91. The topological polar surface area (TPSA) is 53.5 Å². The lowest BCUT2D eigenvalue weighted by atomic mass is 9.91. The molecule has 1 aliphatic rings. The third-order valence-electron chi connectivity index (χ3n) is 4.47. The molecule has 0 aliphatic carbocycles. The number of halogens is 3. The van der Waals surface area contributed by atoms with Gasteiger partial charge in [0.25, 0.3) is 5.91 Å². The Morgan fingerprint density at radius 3 is 2.23 bits per heavy atom. The van der Waals surface area contributed by atoms with Crippen molar-refractivity contribution in [1.29, 1.82) is 0 Å². The van der Waals surface area contributed by atoms with E-state index in [1.54, 1.807) is 11.8 Å². The van der Waals surface area contributed by atoms with Crippen molar-refractivity contribution in [3.63, 3.8) is 0 Å². The Morgan fingerprint density at radius 2 is 1.69 bits per heavy atom. The van der Waals surface area contributed by atoms with Gasteiger partial charge in [0, 0.05) is 17.4 Å². The van der Waals surface area contributed by atoms with Crippen molar-refractivity contribution in [2.45, 2.75) is 25.8 Å². The minimum atomic E-state index is -0.998. The number of aromatic nitrogens is 1. The molecule has 2 aromatic rings. The molecular formula is C18H16BrCl2N3O2. The molecule has 0 radical (unpaired) electrons. The molecule has 2 heterocycles. The van der Waals surface area contributed by atoms with E-state index in [-0.39, 0.29) is 16.2 Å². The van der Waals surface area contributed by atoms with Gasteiger partial charge in [-0.15, -0.1) is 0 Å². The molecule has 0 N–H and O–H groups in total. The second-order valence-electron chi connectivity index (χ2n) is 6.22. The highest BCUT2D eigenvalue weighted by molar-refractivity contribution is 9.10. The standard InChI is InChI=1S/C18H16BrCl2N3O2/c1-3-23-17(26)24(13-8-14(20)22-15(21)9-13)16(25)18(23,2)10-11-4-6-12(19)7-5-11/h4-9H,3,10H2,1-2H3. The number of imide groups is 1. The van der Waals surface area contributed by atoms with Gasteiger partial charge in [0.1, 0.15) is 15.8 Å². The lowest BCUT2D eigenvalue weighted by Gasteiger charge is -2.30. The van der Waals surface area contributed by atoms with Crippen molar-refractivity contribution in [2.24, 2.45) is 0 Å². The van der Waals surface area contributed by atoms with Crippen molar-refractivity contribution in [2.75, 3.05) is 11.4 Å². The van der Waals surface area contributed by atoms with Gasteiger partial charge in [0.05, 0.1) is 5.69 Å². The fourth-order valence-electron chi connectivity index (χ4n) is 3.24. The number of rotatable bonds is 4. The maximum atomic E-state index is 13.2. The van der Waals surface area contributed by atoms with Crippen LogP contribution in [0.15, 0.2) is 40.9 Å². The third kappa shape index (κ3) is 3.33. The molecule has 1 saturated heterocycles. The highest BCUT2D eigenvalue weighted by atomic mass is 79.9. The van der Waals surface area contributed by atoms with Crippen molar-refractivity contribution in [1.82, 2.24) is 9.88 Å². The number of pyridine rings is 1. The van der Waals surface area contributed by atoms with Crippen LogP contribution in [0.4, 0.5) is 10.5 Å². The highest BCUT2D eigenvalue weighted by Crippen LogP contribution is 2.36. The van der Waals surface area contributed by atoms with Crippen molar-refractivity contribution in [3.8, 4) is 0 Å². The van der Waals surface area contributed by atoms with E-state index >= 15 is 0 Å². The van der Waals surface area contributed by atoms with Gasteiger partial charge in [-0.3, -0.25) is 4.79 Å². The van der Waals surface area contributed by atoms with Gasteiger partial charge in [-0.05, 0) is 43.7 Å². The zero-order valence-electron chi connectivity index (χ0n) is 14.2. The summed E-state index contributed by atoms with van der Waals surface area (Å²) in [7, 11) is 0. The Hall–Kier alpha value is -1.63. The summed E-state index contributed by atoms with van der Waals surface area (Å²) >= 11 is 15.3. The first-order chi connectivity index (χ1) is 12.3. The molecule has 5 nitrogen and oxygen atoms in total. The predicted octanol–water partition coefficient (Wildman–Crippen LogP) is 4.94. The Balaban J connectivity index is 2.01. The van der Waals surface area contributed by atoms with Crippen LogP contribution in [0, 0.1) is 0 Å². The van der Waals surface area contributed by atoms with Gasteiger partial charge in [-0.1, -0.05) is 51.3 Å². The van der Waals surface area contributed by atoms with E-state index in [2.05, 4.69) is 20.9 Å². The molecule has 3 rings (SSSR count). The van der Waals surface area contributed by atoms with Crippen molar-refractivity contribution < 1.29 is 9.59 Å². The van der Waals surface area contributed by atoms with Gasteiger partial charge in [-0.2, -0.15) is 0 Å². The zero-order valence-corrected chi connectivity index (χ0v) is 17.3. The molecule has 0 bridgehead atoms. The van der Waals surface area contributed by atoms with Crippen LogP contribution < -0.4 is 4.90 Å². The van der Waals surface area contributed by atoms with E-state index < -0.39 is 11.6 Å². The number of carbonyl (C=O) groups excluding carboxylic acids is 2. The molecule has 1 fully saturated rings. The minimum Gasteiger partial charge on any atom is -0.309 e. The number of hydrogen-bond donors (Lipinski definition) is 0. The predicted molar refractivity (Wildman–Crippen MR) is 106 cm³/mol. The van der Waals surface area contributed by atoms with E-state index in [1.807, 2.05) is 31.2 Å². The van der Waals surface area contributed by atoms with Crippen LogP contribution in [0.1, 0.15) is 19.4 Å². The van der Waals surface area contributed by atoms with E-state index in [4.69, 9.17) is 23.2 Å². The van der Waals surface area contributed by atoms with E-state index in [0.717, 1.165) is 14.9 Å². The largest absolute Gasteiger partial charge is 0.332 e. The number of amides is 3. The molecular weight excluding hydrogens is 441 g/mol. The second kappa shape index (κ2) is 7.18. The SMILES string of the molecule is CCN1C(=O)N(c2cc(Cl)nc(Cl)c2)C(=O)C1(C)Cc1ccc(Br)cc1. The summed E-state index contributed by atoms with van der Waals surface area (Å²) in [4.78, 5) is 32.8. The Kier molecular flexibility index (Phi) is 5.28.